The van der Waals surface area contributed by atoms with Gasteiger partial charge in [0.15, 0.2) is 0 Å². The van der Waals surface area contributed by atoms with Crippen molar-refractivity contribution in [2.45, 2.75) is 20.3 Å². The minimum atomic E-state index is -0.114. The minimum Gasteiger partial charge on any atom is -0.398 e. The first-order valence-corrected chi connectivity index (χ1v) is 6.37. The van der Waals surface area contributed by atoms with Gasteiger partial charge in [0.2, 0.25) is 0 Å². The van der Waals surface area contributed by atoms with E-state index in [1.807, 2.05) is 49.4 Å². The number of nitrogens with two attached hydrogens (primary N) is 1. The second kappa shape index (κ2) is 5.57. The molecule has 0 bridgehead atoms. The second-order valence-corrected chi connectivity index (χ2v) is 4.52. The maximum atomic E-state index is 12.1. The second-order valence-electron chi connectivity index (χ2n) is 4.52. The van der Waals surface area contributed by atoms with E-state index in [0.29, 0.717) is 11.3 Å². The van der Waals surface area contributed by atoms with Crippen molar-refractivity contribution in [2.75, 3.05) is 11.1 Å². The molecular formula is C16H18N2O. The van der Waals surface area contributed by atoms with Crippen LogP contribution < -0.4 is 11.1 Å². The first-order valence-electron chi connectivity index (χ1n) is 6.37. The predicted molar refractivity (Wildman–Crippen MR) is 79.4 cm³/mol. The molecule has 19 heavy (non-hydrogen) atoms. The van der Waals surface area contributed by atoms with Gasteiger partial charge in [-0.2, -0.15) is 0 Å². The zero-order valence-electron chi connectivity index (χ0n) is 11.2. The average Bonchev–Trinajstić information content (AvgIpc) is 2.44. The standard InChI is InChI=1S/C16H18N2O/c1-3-12-7-9-13(10-8-12)16(19)18-15-6-4-5-14(17)11(15)2/h4-10H,3,17H2,1-2H3,(H,18,19). The van der Waals surface area contributed by atoms with Gasteiger partial charge in [-0.15, -0.1) is 0 Å². The maximum absolute atomic E-state index is 12.1. The number of carbonyl (C=O) groups is 1. The number of amides is 1. The van der Waals surface area contributed by atoms with E-state index in [9.17, 15) is 4.79 Å². The summed E-state index contributed by atoms with van der Waals surface area (Å²) >= 11 is 0. The molecule has 0 heterocycles. The van der Waals surface area contributed by atoms with Gasteiger partial charge in [0.05, 0.1) is 0 Å². The van der Waals surface area contributed by atoms with Crippen molar-refractivity contribution in [3.05, 3.63) is 59.2 Å². The highest BCUT2D eigenvalue weighted by Crippen LogP contribution is 2.21. The molecule has 3 heteroatoms. The van der Waals surface area contributed by atoms with Crippen LogP contribution in [0.2, 0.25) is 0 Å². The lowest BCUT2D eigenvalue weighted by molar-refractivity contribution is 0.102. The van der Waals surface area contributed by atoms with E-state index >= 15 is 0 Å². The fourth-order valence-electron chi connectivity index (χ4n) is 1.88. The van der Waals surface area contributed by atoms with Crippen molar-refractivity contribution >= 4 is 17.3 Å². The van der Waals surface area contributed by atoms with Crippen LogP contribution in [0.4, 0.5) is 11.4 Å². The molecule has 0 radical (unpaired) electrons. The maximum Gasteiger partial charge on any atom is 0.255 e. The summed E-state index contributed by atoms with van der Waals surface area (Å²) in [4.78, 5) is 12.1. The Labute approximate surface area is 113 Å². The zero-order valence-corrected chi connectivity index (χ0v) is 11.2. The Bertz CT molecular complexity index is 588. The normalized spacial score (nSPS) is 10.2. The summed E-state index contributed by atoms with van der Waals surface area (Å²) in [6, 6.07) is 13.1. The number of nitrogen functional groups attached to an aromatic ring is 1. The van der Waals surface area contributed by atoms with E-state index in [-0.39, 0.29) is 5.91 Å². The molecule has 2 rings (SSSR count). The predicted octanol–water partition coefficient (Wildman–Crippen LogP) is 3.39. The van der Waals surface area contributed by atoms with Gasteiger partial charge in [0.25, 0.3) is 5.91 Å². The Morgan fingerprint density at radius 3 is 2.47 bits per heavy atom. The lowest BCUT2D eigenvalue weighted by atomic mass is 10.1. The fraction of sp³-hybridized carbons (Fsp3) is 0.188. The van der Waals surface area contributed by atoms with Crippen LogP contribution in [0.3, 0.4) is 0 Å². The van der Waals surface area contributed by atoms with E-state index in [0.717, 1.165) is 17.7 Å². The average molecular weight is 254 g/mol. The lowest BCUT2D eigenvalue weighted by Crippen LogP contribution is -2.13. The van der Waals surface area contributed by atoms with Gasteiger partial charge in [-0.1, -0.05) is 25.1 Å². The quantitative estimate of drug-likeness (QED) is 0.825. The number of carbonyl (C=O) groups excluding carboxylic acids is 1. The van der Waals surface area contributed by atoms with Crippen LogP contribution in [0.15, 0.2) is 42.5 Å². The van der Waals surface area contributed by atoms with Gasteiger partial charge in [-0.05, 0) is 48.7 Å². The lowest BCUT2D eigenvalue weighted by Gasteiger charge is -2.10. The number of aryl methyl sites for hydroxylation is 1. The molecule has 2 aromatic carbocycles. The number of hydrogen-bond donors (Lipinski definition) is 2. The van der Waals surface area contributed by atoms with Crippen molar-refractivity contribution < 1.29 is 4.79 Å². The third-order valence-corrected chi connectivity index (χ3v) is 3.25. The number of rotatable bonds is 3. The molecule has 1 amide bonds. The van der Waals surface area contributed by atoms with Crippen molar-refractivity contribution in [3.8, 4) is 0 Å². The molecule has 2 aromatic rings. The number of nitrogens with one attached hydrogen (secondary N) is 1. The number of anilines is 2. The van der Waals surface area contributed by atoms with Gasteiger partial charge in [0, 0.05) is 16.9 Å². The number of hydrogen-bond acceptors (Lipinski definition) is 2. The molecule has 0 saturated heterocycles. The summed E-state index contributed by atoms with van der Waals surface area (Å²) in [7, 11) is 0. The Hall–Kier alpha value is -2.29. The Balaban J connectivity index is 2.18. The molecule has 0 aromatic heterocycles. The van der Waals surface area contributed by atoms with Crippen molar-refractivity contribution in [3.63, 3.8) is 0 Å². The van der Waals surface area contributed by atoms with E-state index in [4.69, 9.17) is 5.73 Å². The van der Waals surface area contributed by atoms with E-state index < -0.39 is 0 Å². The smallest absolute Gasteiger partial charge is 0.255 e. The molecule has 0 saturated carbocycles. The van der Waals surface area contributed by atoms with Gasteiger partial charge in [-0.3, -0.25) is 4.79 Å². The van der Waals surface area contributed by atoms with Crippen LogP contribution in [-0.2, 0) is 6.42 Å². The molecule has 0 spiro atoms. The molecule has 0 aliphatic carbocycles. The van der Waals surface area contributed by atoms with Gasteiger partial charge in [-0.25, -0.2) is 0 Å². The van der Waals surface area contributed by atoms with Crippen molar-refractivity contribution in [1.29, 1.82) is 0 Å². The first kappa shape index (κ1) is 13.1. The Kier molecular flexibility index (Phi) is 3.85. The van der Waals surface area contributed by atoms with E-state index in [2.05, 4.69) is 12.2 Å². The minimum absolute atomic E-state index is 0.114. The Morgan fingerprint density at radius 2 is 1.84 bits per heavy atom. The highest BCUT2D eigenvalue weighted by molar-refractivity contribution is 6.04. The molecule has 0 aliphatic rings. The summed E-state index contributed by atoms with van der Waals surface area (Å²) < 4.78 is 0. The van der Waals surface area contributed by atoms with Gasteiger partial charge < -0.3 is 11.1 Å². The molecule has 0 aliphatic heterocycles. The molecule has 0 fully saturated rings. The molecule has 3 N–H and O–H groups in total. The molecule has 0 unspecified atom stereocenters. The van der Waals surface area contributed by atoms with Crippen LogP contribution in [0.5, 0.6) is 0 Å². The summed E-state index contributed by atoms with van der Waals surface area (Å²) in [6.07, 6.45) is 0.968. The fourth-order valence-corrected chi connectivity index (χ4v) is 1.88. The third-order valence-electron chi connectivity index (χ3n) is 3.25. The van der Waals surface area contributed by atoms with E-state index in [1.165, 1.54) is 5.56 Å². The first-order chi connectivity index (χ1) is 9.11. The van der Waals surface area contributed by atoms with E-state index in [1.54, 1.807) is 0 Å². The van der Waals surface area contributed by atoms with Crippen molar-refractivity contribution in [2.24, 2.45) is 0 Å². The molecule has 3 nitrogen and oxygen atoms in total. The molecule has 0 atom stereocenters. The molecule has 98 valence electrons. The summed E-state index contributed by atoms with van der Waals surface area (Å²) in [5.74, 6) is -0.114. The van der Waals surface area contributed by atoms with Crippen LogP contribution in [0.1, 0.15) is 28.4 Å². The highest BCUT2D eigenvalue weighted by Gasteiger charge is 2.08. The Morgan fingerprint density at radius 1 is 1.16 bits per heavy atom. The number of benzene rings is 2. The van der Waals surface area contributed by atoms with Crippen molar-refractivity contribution in [1.82, 2.24) is 0 Å². The summed E-state index contributed by atoms with van der Waals surface area (Å²) in [5, 5.41) is 2.89. The summed E-state index contributed by atoms with van der Waals surface area (Å²) in [5.41, 5.74) is 10.0. The van der Waals surface area contributed by atoms with Crippen LogP contribution in [-0.4, -0.2) is 5.91 Å². The summed E-state index contributed by atoms with van der Waals surface area (Å²) in [6.45, 7) is 3.98. The third kappa shape index (κ3) is 2.94. The van der Waals surface area contributed by atoms with Crippen LogP contribution in [0, 0.1) is 6.92 Å². The largest absolute Gasteiger partial charge is 0.398 e. The monoisotopic (exact) mass is 254 g/mol. The molecular weight excluding hydrogens is 236 g/mol. The topological polar surface area (TPSA) is 55.1 Å². The highest BCUT2D eigenvalue weighted by atomic mass is 16.1. The van der Waals surface area contributed by atoms with Gasteiger partial charge in [0.1, 0.15) is 0 Å². The van der Waals surface area contributed by atoms with Crippen LogP contribution >= 0.6 is 0 Å². The van der Waals surface area contributed by atoms with Gasteiger partial charge >= 0.3 is 0 Å². The van der Waals surface area contributed by atoms with Crippen LogP contribution in [0.25, 0.3) is 0 Å². The zero-order chi connectivity index (χ0) is 13.8. The SMILES string of the molecule is CCc1ccc(C(=O)Nc2cccc(N)c2C)cc1.